The minimum absolute atomic E-state index is 0.102. The predicted molar refractivity (Wildman–Crippen MR) is 86.8 cm³/mol. The van der Waals surface area contributed by atoms with Crippen LogP contribution < -0.4 is 10.1 Å². The molecule has 0 amide bonds. The first-order chi connectivity index (χ1) is 9.98. The highest BCUT2D eigenvalue weighted by molar-refractivity contribution is 5.28. The van der Waals surface area contributed by atoms with Gasteiger partial charge in [-0.05, 0) is 50.8 Å². The summed E-state index contributed by atoms with van der Waals surface area (Å²) in [5.74, 6) is 1.80. The zero-order chi connectivity index (χ0) is 15.3. The molecule has 3 heteroatoms. The second kappa shape index (κ2) is 7.28. The van der Waals surface area contributed by atoms with Crippen molar-refractivity contribution in [3.05, 3.63) is 29.8 Å². The summed E-state index contributed by atoms with van der Waals surface area (Å²) < 4.78 is 11.4. The molecule has 1 aliphatic carbocycles. The van der Waals surface area contributed by atoms with Crippen molar-refractivity contribution >= 4 is 0 Å². The molecule has 1 fully saturated rings. The van der Waals surface area contributed by atoms with Gasteiger partial charge in [-0.15, -0.1) is 0 Å². The van der Waals surface area contributed by atoms with E-state index in [4.69, 9.17) is 9.47 Å². The minimum atomic E-state index is 0.102. The molecule has 0 spiro atoms. The molecule has 0 bridgehead atoms. The summed E-state index contributed by atoms with van der Waals surface area (Å²) in [7, 11) is 1.69. The topological polar surface area (TPSA) is 30.5 Å². The Bertz CT molecular complexity index is 418. The molecule has 0 saturated heterocycles. The van der Waals surface area contributed by atoms with Crippen molar-refractivity contribution in [2.24, 2.45) is 5.92 Å². The number of hydrogen-bond donors (Lipinski definition) is 1. The van der Waals surface area contributed by atoms with Crippen LogP contribution in [0.5, 0.6) is 5.75 Å². The summed E-state index contributed by atoms with van der Waals surface area (Å²) in [5, 5.41) is 3.55. The van der Waals surface area contributed by atoms with Gasteiger partial charge in [0.1, 0.15) is 5.75 Å². The Morgan fingerprint density at radius 3 is 2.38 bits per heavy atom. The molecule has 118 valence electrons. The van der Waals surface area contributed by atoms with Crippen molar-refractivity contribution in [1.82, 2.24) is 5.32 Å². The number of nitrogens with one attached hydrogen (secondary N) is 1. The zero-order valence-electron chi connectivity index (χ0n) is 13.8. The summed E-state index contributed by atoms with van der Waals surface area (Å²) in [6.45, 7) is 8.24. The maximum Gasteiger partial charge on any atom is 0.118 e. The largest absolute Gasteiger partial charge is 0.497 e. The van der Waals surface area contributed by atoms with Crippen molar-refractivity contribution in [1.29, 1.82) is 0 Å². The van der Waals surface area contributed by atoms with E-state index >= 15 is 0 Å². The third kappa shape index (κ3) is 6.06. The molecule has 1 saturated carbocycles. The molecule has 1 aromatic rings. The highest BCUT2D eigenvalue weighted by Crippen LogP contribution is 2.33. The zero-order valence-corrected chi connectivity index (χ0v) is 13.8. The van der Waals surface area contributed by atoms with Crippen LogP contribution in [0.3, 0.4) is 0 Å². The number of methoxy groups -OCH3 is 1. The molecule has 2 rings (SSSR count). The van der Waals surface area contributed by atoms with E-state index in [2.05, 4.69) is 38.2 Å². The fourth-order valence-corrected chi connectivity index (χ4v) is 2.27. The van der Waals surface area contributed by atoms with Crippen molar-refractivity contribution in [3.63, 3.8) is 0 Å². The Balaban J connectivity index is 1.93. The first kappa shape index (κ1) is 16.3. The van der Waals surface area contributed by atoms with E-state index in [1.165, 1.54) is 24.8 Å². The molecule has 1 aliphatic rings. The summed E-state index contributed by atoms with van der Waals surface area (Å²) in [6.07, 6.45) is 4.07. The lowest BCUT2D eigenvalue weighted by molar-refractivity contribution is 0.0444. The number of rotatable bonds is 8. The monoisotopic (exact) mass is 291 g/mol. The van der Waals surface area contributed by atoms with E-state index in [0.29, 0.717) is 0 Å². The van der Waals surface area contributed by atoms with E-state index in [0.717, 1.165) is 24.8 Å². The second-order valence-electron chi connectivity index (χ2n) is 7.00. The van der Waals surface area contributed by atoms with Gasteiger partial charge in [-0.2, -0.15) is 0 Å². The molecular weight excluding hydrogens is 262 g/mol. The Hall–Kier alpha value is -1.06. The average molecular weight is 291 g/mol. The Morgan fingerprint density at radius 2 is 1.86 bits per heavy atom. The van der Waals surface area contributed by atoms with E-state index < -0.39 is 0 Å². The van der Waals surface area contributed by atoms with Gasteiger partial charge in [-0.3, -0.25) is 0 Å². The average Bonchev–Trinajstić information content (AvgIpc) is 3.26. The van der Waals surface area contributed by atoms with Gasteiger partial charge in [0, 0.05) is 18.7 Å². The van der Waals surface area contributed by atoms with Crippen LogP contribution in [-0.2, 0) is 4.74 Å². The van der Waals surface area contributed by atoms with Gasteiger partial charge in [0.2, 0.25) is 0 Å². The first-order valence-corrected chi connectivity index (χ1v) is 7.98. The Kier molecular flexibility index (Phi) is 5.65. The minimum Gasteiger partial charge on any atom is -0.497 e. The standard InChI is InChI=1S/C18H29NO2/c1-18(2,3)19-13-17(21-12-11-14-5-6-14)15-7-9-16(20-4)10-8-15/h7-10,14,17,19H,5-6,11-13H2,1-4H3. The maximum atomic E-state index is 6.14. The van der Waals surface area contributed by atoms with Gasteiger partial charge in [-0.25, -0.2) is 0 Å². The lowest BCUT2D eigenvalue weighted by Gasteiger charge is -2.26. The highest BCUT2D eigenvalue weighted by Gasteiger charge is 2.22. The van der Waals surface area contributed by atoms with E-state index in [1.807, 2.05) is 12.1 Å². The molecule has 0 aromatic heterocycles. The normalized spacial score (nSPS) is 16.8. The van der Waals surface area contributed by atoms with Gasteiger partial charge < -0.3 is 14.8 Å². The molecule has 3 nitrogen and oxygen atoms in total. The highest BCUT2D eigenvalue weighted by atomic mass is 16.5. The van der Waals surface area contributed by atoms with Gasteiger partial charge in [0.15, 0.2) is 0 Å². The van der Waals surface area contributed by atoms with Crippen molar-refractivity contribution in [2.45, 2.75) is 51.7 Å². The van der Waals surface area contributed by atoms with Crippen molar-refractivity contribution in [3.8, 4) is 5.75 Å². The van der Waals surface area contributed by atoms with Crippen LogP contribution in [0.4, 0.5) is 0 Å². The molecule has 0 aliphatic heterocycles. The number of benzene rings is 1. The molecule has 1 aromatic carbocycles. The van der Waals surface area contributed by atoms with Crippen molar-refractivity contribution < 1.29 is 9.47 Å². The van der Waals surface area contributed by atoms with Crippen LogP contribution in [0, 0.1) is 5.92 Å². The van der Waals surface area contributed by atoms with Crippen LogP contribution in [0.15, 0.2) is 24.3 Å². The van der Waals surface area contributed by atoms with Gasteiger partial charge in [0.25, 0.3) is 0 Å². The van der Waals surface area contributed by atoms with Crippen LogP contribution in [0.25, 0.3) is 0 Å². The third-order valence-electron chi connectivity index (χ3n) is 3.85. The second-order valence-corrected chi connectivity index (χ2v) is 7.00. The summed E-state index contributed by atoms with van der Waals surface area (Å²) in [5.41, 5.74) is 1.31. The van der Waals surface area contributed by atoms with Gasteiger partial charge in [0.05, 0.1) is 13.2 Å². The molecular formula is C18H29NO2. The van der Waals surface area contributed by atoms with Crippen LogP contribution in [0.2, 0.25) is 0 Å². The molecule has 0 heterocycles. The molecule has 1 N–H and O–H groups in total. The van der Waals surface area contributed by atoms with Crippen LogP contribution in [-0.4, -0.2) is 25.8 Å². The van der Waals surface area contributed by atoms with E-state index in [1.54, 1.807) is 7.11 Å². The summed E-state index contributed by atoms with van der Waals surface area (Å²) >= 11 is 0. The molecule has 0 radical (unpaired) electrons. The van der Waals surface area contributed by atoms with E-state index in [9.17, 15) is 0 Å². The number of ether oxygens (including phenoxy) is 2. The molecule has 21 heavy (non-hydrogen) atoms. The predicted octanol–water partition coefficient (Wildman–Crippen LogP) is 3.94. The quantitative estimate of drug-likeness (QED) is 0.787. The van der Waals surface area contributed by atoms with E-state index in [-0.39, 0.29) is 11.6 Å². The summed E-state index contributed by atoms with van der Waals surface area (Å²) in [6, 6.07) is 8.21. The Labute approximate surface area is 129 Å². The fourth-order valence-electron chi connectivity index (χ4n) is 2.27. The van der Waals surface area contributed by atoms with Gasteiger partial charge >= 0.3 is 0 Å². The summed E-state index contributed by atoms with van der Waals surface area (Å²) in [4.78, 5) is 0. The van der Waals surface area contributed by atoms with Crippen molar-refractivity contribution in [2.75, 3.05) is 20.3 Å². The smallest absolute Gasteiger partial charge is 0.118 e. The first-order valence-electron chi connectivity index (χ1n) is 7.98. The molecule has 1 atom stereocenters. The van der Waals surface area contributed by atoms with Crippen LogP contribution in [0.1, 0.15) is 51.7 Å². The lowest BCUT2D eigenvalue weighted by atomic mass is 10.1. The van der Waals surface area contributed by atoms with Crippen LogP contribution >= 0.6 is 0 Å². The third-order valence-corrected chi connectivity index (χ3v) is 3.85. The lowest BCUT2D eigenvalue weighted by Crippen LogP contribution is -2.39. The fraction of sp³-hybridized carbons (Fsp3) is 0.667. The maximum absolute atomic E-state index is 6.14. The SMILES string of the molecule is COc1ccc(C(CNC(C)(C)C)OCCC2CC2)cc1. The molecule has 1 unspecified atom stereocenters. The number of hydrogen-bond acceptors (Lipinski definition) is 3. The van der Waals surface area contributed by atoms with Gasteiger partial charge in [-0.1, -0.05) is 25.0 Å². The Morgan fingerprint density at radius 1 is 1.19 bits per heavy atom.